The van der Waals surface area contributed by atoms with Gasteiger partial charge in [-0.15, -0.1) is 11.3 Å². The van der Waals surface area contributed by atoms with Gasteiger partial charge < -0.3 is 4.74 Å². The van der Waals surface area contributed by atoms with Crippen LogP contribution < -0.4 is 4.74 Å². The van der Waals surface area contributed by atoms with Crippen LogP contribution in [0.2, 0.25) is 0 Å². The molecule has 0 atom stereocenters. The molecule has 0 bridgehead atoms. The molecule has 0 saturated carbocycles. The number of aryl methyl sites for hydroxylation is 3. The van der Waals surface area contributed by atoms with E-state index in [0.29, 0.717) is 0 Å². The van der Waals surface area contributed by atoms with Gasteiger partial charge in [0.1, 0.15) is 5.75 Å². The first-order valence-electron chi connectivity index (χ1n) is 7.42. The minimum atomic E-state index is 0.0481. The Morgan fingerprint density at radius 1 is 1.19 bits per heavy atom. The number of Topliss-reactive ketones (excluding diaryl/α,β-unsaturated/α-hetero) is 1. The molecule has 0 radical (unpaired) electrons. The van der Waals surface area contributed by atoms with Crippen molar-refractivity contribution in [1.29, 1.82) is 0 Å². The molecule has 0 aliphatic heterocycles. The van der Waals surface area contributed by atoms with Crippen LogP contribution in [0.4, 0.5) is 0 Å². The molecule has 3 heteroatoms. The molecule has 0 fully saturated rings. The van der Waals surface area contributed by atoms with Gasteiger partial charge in [0.15, 0.2) is 6.61 Å². The van der Waals surface area contributed by atoms with E-state index in [-0.39, 0.29) is 12.4 Å². The maximum atomic E-state index is 12.1. The van der Waals surface area contributed by atoms with E-state index in [1.165, 1.54) is 18.4 Å². The summed E-state index contributed by atoms with van der Waals surface area (Å²) in [6.45, 7) is 6.29. The Balaban J connectivity index is 1.90. The van der Waals surface area contributed by atoms with Crippen LogP contribution in [0.15, 0.2) is 30.3 Å². The van der Waals surface area contributed by atoms with Crippen molar-refractivity contribution >= 4 is 17.1 Å². The summed E-state index contributed by atoms with van der Waals surface area (Å²) in [5.74, 6) is 0.806. The molecule has 0 N–H and O–H groups in total. The summed E-state index contributed by atoms with van der Waals surface area (Å²) in [7, 11) is 0. The summed E-state index contributed by atoms with van der Waals surface area (Å²) in [5, 5.41) is 0. The lowest BCUT2D eigenvalue weighted by atomic mass is 10.1. The van der Waals surface area contributed by atoms with Gasteiger partial charge in [0.05, 0.1) is 0 Å². The fourth-order valence-corrected chi connectivity index (χ4v) is 3.21. The fourth-order valence-electron chi connectivity index (χ4n) is 2.27. The summed E-state index contributed by atoms with van der Waals surface area (Å²) in [4.78, 5) is 14.4. The normalized spacial score (nSPS) is 10.6. The molecule has 0 aliphatic carbocycles. The number of hydrogen-bond donors (Lipinski definition) is 0. The van der Waals surface area contributed by atoms with E-state index in [9.17, 15) is 4.79 Å². The van der Waals surface area contributed by atoms with E-state index in [4.69, 9.17) is 4.74 Å². The Morgan fingerprint density at radius 2 is 1.90 bits per heavy atom. The average Bonchev–Trinajstić information content (AvgIpc) is 2.82. The van der Waals surface area contributed by atoms with Gasteiger partial charge in [-0.3, -0.25) is 4.79 Å². The van der Waals surface area contributed by atoms with Crippen molar-refractivity contribution in [2.45, 2.75) is 40.0 Å². The molecule has 21 heavy (non-hydrogen) atoms. The molecule has 0 aliphatic rings. The lowest BCUT2D eigenvalue weighted by Crippen LogP contribution is -2.11. The van der Waals surface area contributed by atoms with Gasteiger partial charge in [-0.1, -0.05) is 25.5 Å². The highest BCUT2D eigenvalue weighted by molar-refractivity contribution is 7.12. The summed E-state index contributed by atoms with van der Waals surface area (Å²) in [6, 6.07) is 10.00. The maximum absolute atomic E-state index is 12.1. The number of benzene rings is 1. The first kappa shape index (κ1) is 15.8. The molecule has 1 aromatic carbocycles. The van der Waals surface area contributed by atoms with E-state index in [1.807, 2.05) is 32.0 Å². The largest absolute Gasteiger partial charge is 0.485 e. The van der Waals surface area contributed by atoms with Crippen molar-refractivity contribution in [3.05, 3.63) is 51.2 Å². The van der Waals surface area contributed by atoms with Gasteiger partial charge in [-0.25, -0.2) is 0 Å². The molecule has 112 valence electrons. The van der Waals surface area contributed by atoms with Gasteiger partial charge in [0.2, 0.25) is 5.78 Å². The van der Waals surface area contributed by atoms with Crippen LogP contribution in [-0.4, -0.2) is 12.4 Å². The first-order valence-corrected chi connectivity index (χ1v) is 8.23. The van der Waals surface area contributed by atoms with E-state index in [2.05, 4.69) is 19.1 Å². The van der Waals surface area contributed by atoms with Crippen LogP contribution in [-0.2, 0) is 6.42 Å². The van der Waals surface area contributed by atoms with E-state index in [0.717, 1.165) is 27.5 Å². The number of carbonyl (C=O) groups excluding carboxylic acids is 1. The third kappa shape index (κ3) is 4.43. The Bertz CT molecular complexity index is 596. The Labute approximate surface area is 130 Å². The molecule has 0 unspecified atom stereocenters. The van der Waals surface area contributed by atoms with Crippen molar-refractivity contribution in [3.63, 3.8) is 0 Å². The van der Waals surface area contributed by atoms with Crippen molar-refractivity contribution < 1.29 is 9.53 Å². The minimum absolute atomic E-state index is 0.0481. The third-order valence-electron chi connectivity index (χ3n) is 3.45. The first-order chi connectivity index (χ1) is 10.1. The number of unbranched alkanes of at least 4 members (excludes halogenated alkanes) is 1. The highest BCUT2D eigenvalue weighted by atomic mass is 32.1. The van der Waals surface area contributed by atoms with Crippen molar-refractivity contribution in [3.8, 4) is 5.75 Å². The fraction of sp³-hybridized carbons (Fsp3) is 0.389. The molecule has 0 amide bonds. The van der Waals surface area contributed by atoms with E-state index >= 15 is 0 Å². The predicted molar refractivity (Wildman–Crippen MR) is 88.7 cm³/mol. The van der Waals surface area contributed by atoms with Gasteiger partial charge in [0, 0.05) is 15.3 Å². The Kier molecular flexibility index (Phi) is 5.57. The summed E-state index contributed by atoms with van der Waals surface area (Å²) in [6.07, 6.45) is 3.50. The van der Waals surface area contributed by atoms with Gasteiger partial charge >= 0.3 is 0 Å². The highest BCUT2D eigenvalue weighted by Crippen LogP contribution is 2.21. The molecule has 1 heterocycles. The second kappa shape index (κ2) is 7.41. The molecular weight excluding hydrogens is 280 g/mol. The minimum Gasteiger partial charge on any atom is -0.485 e. The van der Waals surface area contributed by atoms with E-state index in [1.54, 1.807) is 11.3 Å². The number of ether oxygens (including phenoxy) is 1. The van der Waals surface area contributed by atoms with Crippen LogP contribution in [0.5, 0.6) is 5.75 Å². The van der Waals surface area contributed by atoms with Crippen molar-refractivity contribution in [1.82, 2.24) is 0 Å². The lowest BCUT2D eigenvalue weighted by Gasteiger charge is -2.06. The maximum Gasteiger partial charge on any atom is 0.201 e. The number of hydrogen-bond acceptors (Lipinski definition) is 3. The van der Waals surface area contributed by atoms with Crippen LogP contribution >= 0.6 is 11.3 Å². The zero-order valence-electron chi connectivity index (χ0n) is 12.9. The average molecular weight is 302 g/mol. The van der Waals surface area contributed by atoms with Crippen molar-refractivity contribution in [2.75, 3.05) is 6.61 Å². The molecule has 0 saturated heterocycles. The monoisotopic (exact) mass is 302 g/mol. The zero-order chi connectivity index (χ0) is 15.2. The summed E-state index contributed by atoms with van der Waals surface area (Å²) < 4.78 is 5.60. The number of rotatable bonds is 7. The number of carbonyl (C=O) groups is 1. The molecular formula is C18H22O2S. The SMILES string of the molecule is CCCCc1ccc(OCC(=O)c2cc(C)sc2C)cc1. The van der Waals surface area contributed by atoms with Crippen LogP contribution in [0, 0.1) is 13.8 Å². The zero-order valence-corrected chi connectivity index (χ0v) is 13.8. The lowest BCUT2D eigenvalue weighted by molar-refractivity contribution is 0.0921. The number of thiophene rings is 1. The molecule has 1 aromatic heterocycles. The second-order valence-corrected chi connectivity index (χ2v) is 6.75. The van der Waals surface area contributed by atoms with Gasteiger partial charge in [-0.2, -0.15) is 0 Å². The van der Waals surface area contributed by atoms with Crippen molar-refractivity contribution in [2.24, 2.45) is 0 Å². The van der Waals surface area contributed by atoms with Crippen LogP contribution in [0.25, 0.3) is 0 Å². The van der Waals surface area contributed by atoms with E-state index < -0.39 is 0 Å². The van der Waals surface area contributed by atoms with Crippen LogP contribution in [0.1, 0.15) is 45.4 Å². The molecule has 2 nitrogen and oxygen atoms in total. The third-order valence-corrected chi connectivity index (χ3v) is 4.42. The highest BCUT2D eigenvalue weighted by Gasteiger charge is 2.12. The molecule has 2 aromatic rings. The topological polar surface area (TPSA) is 26.3 Å². The predicted octanol–water partition coefficient (Wildman–Crippen LogP) is 4.97. The van der Waals surface area contributed by atoms with Gasteiger partial charge in [0.25, 0.3) is 0 Å². The standard InChI is InChI=1S/C18H22O2S/c1-4-5-6-15-7-9-16(10-8-15)20-12-18(19)17-11-13(2)21-14(17)3/h7-11H,4-6,12H2,1-3H3. The summed E-state index contributed by atoms with van der Waals surface area (Å²) in [5.41, 5.74) is 2.11. The van der Waals surface area contributed by atoms with Crippen LogP contribution in [0.3, 0.4) is 0 Å². The molecule has 2 rings (SSSR count). The number of ketones is 1. The quantitative estimate of drug-likeness (QED) is 0.675. The smallest absolute Gasteiger partial charge is 0.201 e. The Hall–Kier alpha value is -1.61. The van der Waals surface area contributed by atoms with Gasteiger partial charge in [-0.05, 0) is 50.5 Å². The molecule has 0 spiro atoms. The second-order valence-electron chi connectivity index (χ2n) is 5.29. The summed E-state index contributed by atoms with van der Waals surface area (Å²) >= 11 is 1.65. The Morgan fingerprint density at radius 3 is 2.48 bits per heavy atom.